The van der Waals surface area contributed by atoms with Crippen LogP contribution >= 0.6 is 0 Å². The molecule has 0 aliphatic heterocycles. The normalized spacial score (nSPS) is 10.2. The number of benzene rings is 1. The lowest BCUT2D eigenvalue weighted by Crippen LogP contribution is -2.10. The lowest BCUT2D eigenvalue weighted by atomic mass is 10.1. The topological polar surface area (TPSA) is 48.4 Å². The van der Waals surface area contributed by atoms with E-state index in [1.807, 2.05) is 19.1 Å². The molecule has 1 aromatic heterocycles. The number of carbonyl (C=O) groups is 1. The van der Waals surface area contributed by atoms with Gasteiger partial charge < -0.3 is 9.47 Å². The molecular weight excluding hydrogens is 273 g/mol. The van der Waals surface area contributed by atoms with Gasteiger partial charge in [0.15, 0.2) is 11.5 Å². The molecule has 0 saturated heterocycles. The van der Waals surface area contributed by atoms with Crippen molar-refractivity contribution in [2.24, 2.45) is 0 Å². The maximum atomic E-state index is 13.7. The van der Waals surface area contributed by atoms with Gasteiger partial charge in [-0.25, -0.2) is 14.2 Å². The van der Waals surface area contributed by atoms with Gasteiger partial charge in [0.05, 0.1) is 18.9 Å². The number of carbonyl (C=O) groups excluding carboxylic acids is 1. The van der Waals surface area contributed by atoms with Crippen molar-refractivity contribution >= 4 is 5.97 Å². The van der Waals surface area contributed by atoms with Crippen LogP contribution in [0.4, 0.5) is 4.39 Å². The van der Waals surface area contributed by atoms with Crippen LogP contribution in [0.15, 0.2) is 36.4 Å². The van der Waals surface area contributed by atoms with E-state index in [9.17, 15) is 9.18 Å². The van der Waals surface area contributed by atoms with E-state index in [4.69, 9.17) is 9.47 Å². The molecule has 0 fully saturated rings. The first-order chi connectivity index (χ1) is 10.2. The van der Waals surface area contributed by atoms with E-state index in [1.165, 1.54) is 12.1 Å². The molecule has 110 valence electrons. The minimum absolute atomic E-state index is 0.166. The minimum Gasteiger partial charge on any atom is -0.493 e. The van der Waals surface area contributed by atoms with E-state index >= 15 is 0 Å². The van der Waals surface area contributed by atoms with Gasteiger partial charge in [0.2, 0.25) is 0 Å². The third-order valence-electron chi connectivity index (χ3n) is 2.78. The summed E-state index contributed by atoms with van der Waals surface area (Å²) in [6, 6.07) is 9.98. The predicted molar refractivity (Wildman–Crippen MR) is 76.8 cm³/mol. The van der Waals surface area contributed by atoms with E-state index < -0.39 is 11.8 Å². The Morgan fingerprint density at radius 2 is 1.90 bits per heavy atom. The van der Waals surface area contributed by atoms with Crippen LogP contribution in [-0.4, -0.2) is 24.2 Å². The molecule has 0 spiro atoms. The average Bonchev–Trinajstić information content (AvgIpc) is 2.49. The number of nitrogens with zero attached hydrogens (tertiary/aromatic N) is 1. The van der Waals surface area contributed by atoms with Crippen molar-refractivity contribution in [1.29, 1.82) is 0 Å². The van der Waals surface area contributed by atoms with E-state index in [2.05, 4.69) is 4.98 Å². The highest BCUT2D eigenvalue weighted by Crippen LogP contribution is 2.29. The van der Waals surface area contributed by atoms with Crippen LogP contribution < -0.4 is 4.74 Å². The second-order valence-corrected chi connectivity index (χ2v) is 4.18. The number of hydrogen-bond donors (Lipinski definition) is 0. The van der Waals surface area contributed by atoms with Gasteiger partial charge >= 0.3 is 5.97 Å². The number of halogens is 1. The van der Waals surface area contributed by atoms with Crippen LogP contribution in [0, 0.1) is 5.82 Å². The molecule has 0 radical (unpaired) electrons. The molecule has 0 amide bonds. The summed E-state index contributed by atoms with van der Waals surface area (Å²) in [6.45, 7) is 4.20. The van der Waals surface area contributed by atoms with Crippen molar-refractivity contribution < 1.29 is 18.7 Å². The van der Waals surface area contributed by atoms with E-state index in [1.54, 1.807) is 19.1 Å². The first kappa shape index (κ1) is 15.0. The number of hydrogen-bond acceptors (Lipinski definition) is 4. The van der Waals surface area contributed by atoms with Crippen LogP contribution in [-0.2, 0) is 4.74 Å². The monoisotopic (exact) mass is 289 g/mol. The SMILES string of the molecule is CCOC(=O)c1nc(-c2ccccc2OCC)ccc1F. The molecule has 1 heterocycles. The molecule has 21 heavy (non-hydrogen) atoms. The van der Waals surface area contributed by atoms with Crippen molar-refractivity contribution in [3.63, 3.8) is 0 Å². The molecule has 5 heteroatoms. The largest absolute Gasteiger partial charge is 0.493 e. The summed E-state index contributed by atoms with van der Waals surface area (Å²) in [5.41, 5.74) is 0.842. The van der Waals surface area contributed by atoms with Crippen molar-refractivity contribution in [3.05, 3.63) is 47.9 Å². The molecule has 4 nitrogen and oxygen atoms in total. The maximum absolute atomic E-state index is 13.7. The lowest BCUT2D eigenvalue weighted by molar-refractivity contribution is 0.0513. The predicted octanol–water partition coefficient (Wildman–Crippen LogP) is 3.46. The average molecular weight is 289 g/mol. The molecule has 2 rings (SSSR count). The number of aromatic nitrogens is 1. The van der Waals surface area contributed by atoms with Gasteiger partial charge in [-0.3, -0.25) is 0 Å². The maximum Gasteiger partial charge on any atom is 0.360 e. The van der Waals surface area contributed by atoms with E-state index in [0.29, 0.717) is 23.6 Å². The van der Waals surface area contributed by atoms with Gasteiger partial charge in [-0.05, 0) is 38.1 Å². The zero-order chi connectivity index (χ0) is 15.2. The molecule has 0 aliphatic carbocycles. The molecule has 0 N–H and O–H groups in total. The molecule has 0 unspecified atom stereocenters. The quantitative estimate of drug-likeness (QED) is 0.791. The number of rotatable bonds is 5. The second-order valence-electron chi connectivity index (χ2n) is 4.18. The van der Waals surface area contributed by atoms with Crippen LogP contribution in [0.5, 0.6) is 5.75 Å². The Balaban J connectivity index is 2.46. The van der Waals surface area contributed by atoms with Crippen molar-refractivity contribution in [2.75, 3.05) is 13.2 Å². The van der Waals surface area contributed by atoms with Crippen molar-refractivity contribution in [1.82, 2.24) is 4.98 Å². The summed E-state index contributed by atoms with van der Waals surface area (Å²) in [4.78, 5) is 15.8. The fourth-order valence-corrected chi connectivity index (χ4v) is 1.89. The van der Waals surface area contributed by atoms with Gasteiger partial charge in [0.1, 0.15) is 5.75 Å². The highest BCUT2D eigenvalue weighted by atomic mass is 19.1. The smallest absolute Gasteiger partial charge is 0.360 e. The molecule has 0 aliphatic rings. The van der Waals surface area contributed by atoms with Crippen molar-refractivity contribution in [2.45, 2.75) is 13.8 Å². The van der Waals surface area contributed by atoms with Gasteiger partial charge in [-0.15, -0.1) is 0 Å². The van der Waals surface area contributed by atoms with Crippen LogP contribution in [0.1, 0.15) is 24.3 Å². The molecule has 0 atom stereocenters. The molecule has 1 aromatic carbocycles. The Kier molecular flexibility index (Phi) is 4.87. The zero-order valence-electron chi connectivity index (χ0n) is 11.9. The Morgan fingerprint density at radius 1 is 1.14 bits per heavy atom. The van der Waals surface area contributed by atoms with Crippen LogP contribution in [0.25, 0.3) is 11.3 Å². The summed E-state index contributed by atoms with van der Waals surface area (Å²) >= 11 is 0. The van der Waals surface area contributed by atoms with Crippen molar-refractivity contribution in [3.8, 4) is 17.0 Å². The molecule has 2 aromatic rings. The summed E-state index contributed by atoms with van der Waals surface area (Å²) in [5.74, 6) is -0.842. The van der Waals surface area contributed by atoms with E-state index in [-0.39, 0.29) is 12.3 Å². The second kappa shape index (κ2) is 6.83. The fraction of sp³-hybridized carbons (Fsp3) is 0.250. The third kappa shape index (κ3) is 3.37. The summed E-state index contributed by atoms with van der Waals surface area (Å²) in [5, 5.41) is 0. The third-order valence-corrected chi connectivity index (χ3v) is 2.78. The summed E-state index contributed by atoms with van der Waals surface area (Å²) < 4.78 is 24.0. The number of para-hydroxylation sites is 1. The minimum atomic E-state index is -0.772. The number of esters is 1. The highest BCUT2D eigenvalue weighted by Gasteiger charge is 2.17. The van der Waals surface area contributed by atoms with Crippen LogP contribution in [0.2, 0.25) is 0 Å². The highest BCUT2D eigenvalue weighted by molar-refractivity contribution is 5.88. The Hall–Kier alpha value is -2.43. The number of ether oxygens (including phenoxy) is 2. The zero-order valence-corrected chi connectivity index (χ0v) is 11.9. The van der Waals surface area contributed by atoms with Crippen LogP contribution in [0.3, 0.4) is 0 Å². The summed E-state index contributed by atoms with van der Waals surface area (Å²) in [6.07, 6.45) is 0. The first-order valence-corrected chi connectivity index (χ1v) is 6.73. The standard InChI is InChI=1S/C16H16FNO3/c1-3-20-14-8-6-5-7-11(14)13-10-9-12(17)15(18-13)16(19)21-4-2/h5-10H,3-4H2,1-2H3. The lowest BCUT2D eigenvalue weighted by Gasteiger charge is -2.10. The molecular formula is C16H16FNO3. The first-order valence-electron chi connectivity index (χ1n) is 6.73. The van der Waals surface area contributed by atoms with Gasteiger partial charge in [-0.1, -0.05) is 12.1 Å². The Bertz CT molecular complexity index is 643. The Labute approximate surface area is 122 Å². The van der Waals surface area contributed by atoms with Gasteiger partial charge in [-0.2, -0.15) is 0 Å². The van der Waals surface area contributed by atoms with Gasteiger partial charge in [0.25, 0.3) is 0 Å². The Morgan fingerprint density at radius 3 is 2.62 bits per heavy atom. The number of pyridine rings is 1. The molecule has 0 bridgehead atoms. The summed E-state index contributed by atoms with van der Waals surface area (Å²) in [7, 11) is 0. The van der Waals surface area contributed by atoms with E-state index in [0.717, 1.165) is 0 Å². The molecule has 0 saturated carbocycles. The van der Waals surface area contributed by atoms with Gasteiger partial charge in [0, 0.05) is 5.56 Å². The fourth-order valence-electron chi connectivity index (χ4n) is 1.89.